The lowest BCUT2D eigenvalue weighted by atomic mass is 10.1. The van der Waals surface area contributed by atoms with Crippen LogP contribution >= 0.6 is 11.6 Å². The van der Waals surface area contributed by atoms with Gasteiger partial charge in [-0.15, -0.1) is 10.2 Å². The Kier molecular flexibility index (Phi) is 5.48. The van der Waals surface area contributed by atoms with Crippen LogP contribution in [-0.4, -0.2) is 27.1 Å². The van der Waals surface area contributed by atoms with E-state index in [0.717, 1.165) is 18.4 Å². The minimum Gasteiger partial charge on any atom is -0.353 e. The first-order chi connectivity index (χ1) is 12.0. The molecule has 1 aromatic carbocycles. The molecule has 2 aromatic rings. The second-order valence-electron chi connectivity index (χ2n) is 6.46. The average molecular weight is 361 g/mol. The van der Waals surface area contributed by atoms with Crippen molar-refractivity contribution in [2.24, 2.45) is 0 Å². The second kappa shape index (κ2) is 7.78. The molecular formula is C18H21ClN4O2. The zero-order valence-corrected chi connectivity index (χ0v) is 14.9. The van der Waals surface area contributed by atoms with E-state index >= 15 is 0 Å². The lowest BCUT2D eigenvalue weighted by Gasteiger charge is -2.11. The number of hydrogen-bond donors (Lipinski definition) is 2. The van der Waals surface area contributed by atoms with Gasteiger partial charge in [-0.3, -0.25) is 9.59 Å². The first-order valence-electron chi connectivity index (χ1n) is 8.54. The van der Waals surface area contributed by atoms with Crippen molar-refractivity contribution < 1.29 is 4.79 Å². The first kappa shape index (κ1) is 17.6. The number of aryl methyl sites for hydroxylation is 2. The Labute approximate surface area is 151 Å². The van der Waals surface area contributed by atoms with Crippen LogP contribution < -0.4 is 10.9 Å². The van der Waals surface area contributed by atoms with E-state index < -0.39 is 0 Å². The molecule has 0 atom stereocenters. The third-order valence-electron chi connectivity index (χ3n) is 4.52. The van der Waals surface area contributed by atoms with Gasteiger partial charge < -0.3 is 10.3 Å². The number of amides is 1. The molecule has 0 saturated heterocycles. The minimum absolute atomic E-state index is 0.0394. The van der Waals surface area contributed by atoms with Gasteiger partial charge in [0.25, 0.3) is 5.56 Å². The van der Waals surface area contributed by atoms with Crippen LogP contribution in [0.1, 0.15) is 43.4 Å². The number of aromatic amines is 1. The summed E-state index contributed by atoms with van der Waals surface area (Å²) in [5.41, 5.74) is 1.59. The zero-order valence-electron chi connectivity index (χ0n) is 14.1. The van der Waals surface area contributed by atoms with E-state index in [1.807, 2.05) is 19.1 Å². The van der Waals surface area contributed by atoms with E-state index in [1.165, 1.54) is 12.8 Å². The summed E-state index contributed by atoms with van der Waals surface area (Å²) in [5, 5.41) is 11.7. The highest BCUT2D eigenvalue weighted by Crippen LogP contribution is 2.22. The molecule has 6 nitrogen and oxygen atoms in total. The van der Waals surface area contributed by atoms with Crippen molar-refractivity contribution in [1.82, 2.24) is 20.5 Å². The average Bonchev–Trinajstić information content (AvgIpc) is 3.09. The Bertz CT molecular complexity index is 828. The van der Waals surface area contributed by atoms with E-state index in [4.69, 9.17) is 11.6 Å². The molecule has 3 rings (SSSR count). The molecule has 132 valence electrons. The largest absolute Gasteiger partial charge is 0.353 e. The zero-order chi connectivity index (χ0) is 17.8. The first-order valence-corrected chi connectivity index (χ1v) is 8.92. The van der Waals surface area contributed by atoms with Gasteiger partial charge in [0.05, 0.1) is 0 Å². The summed E-state index contributed by atoms with van der Waals surface area (Å²) in [6.07, 6.45) is 4.93. The van der Waals surface area contributed by atoms with Crippen molar-refractivity contribution >= 4 is 17.5 Å². The molecule has 25 heavy (non-hydrogen) atoms. The monoisotopic (exact) mass is 360 g/mol. The van der Waals surface area contributed by atoms with Crippen LogP contribution in [0.15, 0.2) is 23.0 Å². The number of hydrogen-bond acceptors (Lipinski definition) is 4. The van der Waals surface area contributed by atoms with Gasteiger partial charge in [0.15, 0.2) is 5.82 Å². The third-order valence-corrected chi connectivity index (χ3v) is 4.93. The van der Waals surface area contributed by atoms with Crippen LogP contribution in [0.5, 0.6) is 0 Å². The number of carbonyl (C=O) groups excluding carboxylic acids is 1. The van der Waals surface area contributed by atoms with Crippen LogP contribution in [0.4, 0.5) is 0 Å². The van der Waals surface area contributed by atoms with Gasteiger partial charge in [0.1, 0.15) is 5.69 Å². The van der Waals surface area contributed by atoms with E-state index in [-0.39, 0.29) is 36.0 Å². The number of aromatic nitrogens is 3. The fourth-order valence-electron chi connectivity index (χ4n) is 3.00. The van der Waals surface area contributed by atoms with E-state index in [1.54, 1.807) is 6.07 Å². The molecule has 1 amide bonds. The molecule has 1 aromatic heterocycles. The molecule has 1 aliphatic rings. The van der Waals surface area contributed by atoms with E-state index in [9.17, 15) is 9.59 Å². The molecule has 1 saturated carbocycles. The molecule has 0 unspecified atom stereocenters. The predicted molar refractivity (Wildman–Crippen MR) is 96.6 cm³/mol. The number of H-pyrrole nitrogens is 1. The maximum absolute atomic E-state index is 12.2. The summed E-state index contributed by atoms with van der Waals surface area (Å²) in [7, 11) is 0. The number of carbonyl (C=O) groups is 1. The van der Waals surface area contributed by atoms with Gasteiger partial charge in [-0.25, -0.2) is 0 Å². The van der Waals surface area contributed by atoms with Gasteiger partial charge >= 0.3 is 0 Å². The molecule has 0 aliphatic heterocycles. The normalized spacial score (nSPS) is 14.6. The van der Waals surface area contributed by atoms with Gasteiger partial charge in [-0.2, -0.15) is 0 Å². The number of rotatable bonds is 5. The van der Waals surface area contributed by atoms with Crippen LogP contribution in [-0.2, 0) is 11.2 Å². The summed E-state index contributed by atoms with van der Waals surface area (Å²) >= 11 is 6.10. The van der Waals surface area contributed by atoms with Gasteiger partial charge in [0.2, 0.25) is 5.91 Å². The highest BCUT2D eigenvalue weighted by atomic mass is 35.5. The summed E-state index contributed by atoms with van der Waals surface area (Å²) in [5.74, 6) is 0.327. The fourth-order valence-corrected chi connectivity index (χ4v) is 3.18. The number of benzene rings is 1. The van der Waals surface area contributed by atoms with Crippen molar-refractivity contribution in [3.63, 3.8) is 0 Å². The van der Waals surface area contributed by atoms with Crippen molar-refractivity contribution in [3.05, 3.63) is 44.8 Å². The highest BCUT2D eigenvalue weighted by Gasteiger charge is 2.17. The number of halogens is 1. The second-order valence-corrected chi connectivity index (χ2v) is 6.87. The smallest absolute Gasteiger partial charge is 0.273 e. The standard InChI is InChI=1S/C18H21ClN4O2/c1-11-6-7-12(10-14(11)19)17-21-18(25)15(22-23-17)8-9-16(24)20-13-4-2-3-5-13/h6-7,10,13H,2-5,8-9H2,1H3,(H,20,24)(H,21,23,25). The minimum atomic E-state index is -0.324. The SMILES string of the molecule is Cc1ccc(-c2nnc(CCC(=O)NC3CCCC3)c(=O)[nH]2)cc1Cl. The summed E-state index contributed by atoms with van der Waals surface area (Å²) < 4.78 is 0. The summed E-state index contributed by atoms with van der Waals surface area (Å²) in [6, 6.07) is 5.71. The third kappa shape index (κ3) is 4.45. The quantitative estimate of drug-likeness (QED) is 0.858. The Hall–Kier alpha value is -2.21. The van der Waals surface area contributed by atoms with Crippen molar-refractivity contribution in [2.45, 2.75) is 51.5 Å². The Balaban J connectivity index is 1.64. The van der Waals surface area contributed by atoms with E-state index in [0.29, 0.717) is 16.4 Å². The molecule has 1 aliphatic carbocycles. The molecule has 0 radical (unpaired) electrons. The molecule has 1 fully saturated rings. The fraction of sp³-hybridized carbons (Fsp3) is 0.444. The van der Waals surface area contributed by atoms with Crippen LogP contribution in [0.2, 0.25) is 5.02 Å². The number of nitrogens with one attached hydrogen (secondary N) is 2. The molecular weight excluding hydrogens is 340 g/mol. The maximum atomic E-state index is 12.2. The van der Waals surface area contributed by atoms with Crippen molar-refractivity contribution in [3.8, 4) is 11.4 Å². The maximum Gasteiger partial charge on any atom is 0.273 e. The van der Waals surface area contributed by atoms with Crippen molar-refractivity contribution in [1.29, 1.82) is 0 Å². The summed E-state index contributed by atoms with van der Waals surface area (Å²) in [4.78, 5) is 26.9. The Morgan fingerprint density at radius 1 is 1.32 bits per heavy atom. The van der Waals surface area contributed by atoms with Crippen LogP contribution in [0, 0.1) is 6.92 Å². The molecule has 1 heterocycles. The molecule has 0 bridgehead atoms. The molecule has 7 heteroatoms. The van der Waals surface area contributed by atoms with Crippen LogP contribution in [0.25, 0.3) is 11.4 Å². The predicted octanol–water partition coefficient (Wildman–Crippen LogP) is 2.79. The summed E-state index contributed by atoms with van der Waals surface area (Å²) in [6.45, 7) is 1.90. The Morgan fingerprint density at radius 3 is 2.76 bits per heavy atom. The van der Waals surface area contributed by atoms with E-state index in [2.05, 4.69) is 20.5 Å². The lowest BCUT2D eigenvalue weighted by Crippen LogP contribution is -2.33. The molecule has 2 N–H and O–H groups in total. The lowest BCUT2D eigenvalue weighted by molar-refractivity contribution is -0.121. The molecule has 0 spiro atoms. The Morgan fingerprint density at radius 2 is 2.08 bits per heavy atom. The van der Waals surface area contributed by atoms with Gasteiger partial charge in [-0.05, 0) is 31.4 Å². The topological polar surface area (TPSA) is 87.7 Å². The van der Waals surface area contributed by atoms with Crippen molar-refractivity contribution in [2.75, 3.05) is 0 Å². The van der Waals surface area contributed by atoms with Crippen LogP contribution in [0.3, 0.4) is 0 Å². The number of nitrogens with zero attached hydrogens (tertiary/aromatic N) is 2. The van der Waals surface area contributed by atoms with Gasteiger partial charge in [0, 0.05) is 29.5 Å². The highest BCUT2D eigenvalue weighted by molar-refractivity contribution is 6.31. The van der Waals surface area contributed by atoms with Gasteiger partial charge in [-0.1, -0.05) is 36.6 Å².